The fourth-order valence-electron chi connectivity index (χ4n) is 1.67. The number of nitriles is 1. The molecule has 0 aliphatic heterocycles. The molecule has 2 aromatic rings. The van der Waals surface area contributed by atoms with Gasteiger partial charge in [0.15, 0.2) is 0 Å². The second kappa shape index (κ2) is 5.84. The topological polar surface area (TPSA) is 35.8 Å². The van der Waals surface area contributed by atoms with E-state index in [1.165, 1.54) is 24.3 Å². The van der Waals surface area contributed by atoms with Crippen LogP contribution in [0.15, 0.2) is 36.4 Å². The van der Waals surface area contributed by atoms with Crippen molar-refractivity contribution in [2.24, 2.45) is 0 Å². The van der Waals surface area contributed by atoms with Gasteiger partial charge in [-0.3, -0.25) is 0 Å². The normalized spacial score (nSPS) is 11.0. The van der Waals surface area contributed by atoms with E-state index in [0.717, 1.165) is 12.1 Å². The van der Waals surface area contributed by atoms with Gasteiger partial charge in [-0.25, -0.2) is 0 Å². The first kappa shape index (κ1) is 15.5. The number of alkyl halides is 3. The molecule has 0 saturated heterocycles. The van der Waals surface area contributed by atoms with E-state index in [4.69, 9.17) is 28.5 Å². The average molecular weight is 331 g/mol. The molecule has 0 unspecified atom stereocenters. The first-order valence-electron chi connectivity index (χ1n) is 5.64. The highest BCUT2D eigenvalue weighted by atomic mass is 35.5. The number of nitrogens with zero attached hydrogens (tertiary/aromatic N) is 1. The van der Waals surface area contributed by atoms with E-state index in [0.29, 0.717) is 11.3 Å². The van der Waals surface area contributed by atoms with Crippen LogP contribution in [0.4, 0.5) is 24.5 Å². The standard InChI is InChI=1S/C14H7Cl2F3N2/c15-10-4-9(14(17,18)19)5-11(6-10)21-13-2-1-8(7-20)3-12(13)16/h1-6,21H. The Morgan fingerprint density at radius 1 is 1.05 bits per heavy atom. The predicted molar refractivity (Wildman–Crippen MR) is 75.9 cm³/mol. The lowest BCUT2D eigenvalue weighted by Gasteiger charge is -2.12. The molecule has 2 rings (SSSR count). The van der Waals surface area contributed by atoms with E-state index in [1.807, 2.05) is 6.07 Å². The molecule has 0 radical (unpaired) electrons. The lowest BCUT2D eigenvalue weighted by Crippen LogP contribution is -2.05. The average Bonchev–Trinajstić information content (AvgIpc) is 2.39. The van der Waals surface area contributed by atoms with Gasteiger partial charge in [0.1, 0.15) is 0 Å². The molecule has 0 aliphatic rings. The summed E-state index contributed by atoms with van der Waals surface area (Å²) in [5.74, 6) is 0. The summed E-state index contributed by atoms with van der Waals surface area (Å²) < 4.78 is 38.1. The number of hydrogen-bond donors (Lipinski definition) is 1. The van der Waals surface area contributed by atoms with Gasteiger partial charge in [-0.15, -0.1) is 0 Å². The van der Waals surface area contributed by atoms with E-state index in [1.54, 1.807) is 0 Å². The maximum absolute atomic E-state index is 12.7. The second-order valence-corrected chi connectivity index (χ2v) is 5.00. The molecular weight excluding hydrogens is 324 g/mol. The van der Waals surface area contributed by atoms with Crippen molar-refractivity contribution in [1.82, 2.24) is 0 Å². The molecule has 2 nitrogen and oxygen atoms in total. The van der Waals surface area contributed by atoms with E-state index in [-0.39, 0.29) is 15.7 Å². The van der Waals surface area contributed by atoms with Gasteiger partial charge >= 0.3 is 6.18 Å². The molecule has 108 valence electrons. The third-order valence-corrected chi connectivity index (χ3v) is 3.13. The summed E-state index contributed by atoms with van der Waals surface area (Å²) in [7, 11) is 0. The van der Waals surface area contributed by atoms with Crippen molar-refractivity contribution in [2.75, 3.05) is 5.32 Å². The predicted octanol–water partition coefficient (Wildman–Crippen LogP) is 5.63. The summed E-state index contributed by atoms with van der Waals surface area (Å²) in [6.45, 7) is 0. The van der Waals surface area contributed by atoms with Gasteiger partial charge in [0.05, 0.1) is 27.9 Å². The summed E-state index contributed by atoms with van der Waals surface area (Å²) in [5.41, 5.74) is 0.0300. The highest BCUT2D eigenvalue weighted by Gasteiger charge is 2.31. The Labute approximate surface area is 128 Å². The quantitative estimate of drug-likeness (QED) is 0.774. The first-order chi connectivity index (χ1) is 9.79. The SMILES string of the molecule is N#Cc1ccc(Nc2cc(Cl)cc(C(F)(F)F)c2)c(Cl)c1. The Balaban J connectivity index is 2.36. The van der Waals surface area contributed by atoms with Crippen molar-refractivity contribution < 1.29 is 13.2 Å². The number of hydrogen-bond acceptors (Lipinski definition) is 2. The maximum Gasteiger partial charge on any atom is 0.416 e. The number of anilines is 2. The maximum atomic E-state index is 12.7. The zero-order chi connectivity index (χ0) is 15.6. The molecule has 0 aliphatic carbocycles. The first-order valence-corrected chi connectivity index (χ1v) is 6.39. The van der Waals surface area contributed by atoms with E-state index in [2.05, 4.69) is 5.32 Å². The van der Waals surface area contributed by atoms with Crippen LogP contribution in [-0.4, -0.2) is 0 Å². The van der Waals surface area contributed by atoms with Crippen molar-refractivity contribution in [3.63, 3.8) is 0 Å². The van der Waals surface area contributed by atoms with E-state index in [9.17, 15) is 13.2 Å². The third-order valence-electron chi connectivity index (χ3n) is 2.60. The molecule has 0 amide bonds. The van der Waals surface area contributed by atoms with Gasteiger partial charge in [0.25, 0.3) is 0 Å². The lowest BCUT2D eigenvalue weighted by molar-refractivity contribution is -0.137. The smallest absolute Gasteiger partial charge is 0.354 e. The molecule has 0 fully saturated rings. The molecule has 0 saturated carbocycles. The molecule has 7 heteroatoms. The van der Waals surface area contributed by atoms with Crippen molar-refractivity contribution in [2.45, 2.75) is 6.18 Å². The number of rotatable bonds is 2. The third kappa shape index (κ3) is 3.81. The van der Waals surface area contributed by atoms with Gasteiger partial charge in [0.2, 0.25) is 0 Å². The Morgan fingerprint density at radius 2 is 1.76 bits per heavy atom. The fraction of sp³-hybridized carbons (Fsp3) is 0.0714. The molecule has 1 N–H and O–H groups in total. The van der Waals surface area contributed by atoms with E-state index < -0.39 is 11.7 Å². The van der Waals surface area contributed by atoms with Crippen molar-refractivity contribution in [3.05, 3.63) is 57.6 Å². The summed E-state index contributed by atoms with van der Waals surface area (Å²) in [6, 6.07) is 9.47. The highest BCUT2D eigenvalue weighted by molar-refractivity contribution is 6.33. The monoisotopic (exact) mass is 330 g/mol. The Morgan fingerprint density at radius 3 is 2.33 bits per heavy atom. The van der Waals surface area contributed by atoms with Gasteiger partial charge < -0.3 is 5.32 Å². The molecular formula is C14H7Cl2F3N2. The summed E-state index contributed by atoms with van der Waals surface area (Å²) >= 11 is 11.7. The highest BCUT2D eigenvalue weighted by Crippen LogP contribution is 2.35. The molecule has 0 aromatic heterocycles. The number of halogens is 5. The van der Waals surface area contributed by atoms with Gasteiger partial charge in [-0.05, 0) is 36.4 Å². The minimum Gasteiger partial charge on any atom is -0.354 e. The summed E-state index contributed by atoms with van der Waals surface area (Å²) in [4.78, 5) is 0. The van der Waals surface area contributed by atoms with Gasteiger partial charge in [-0.1, -0.05) is 23.2 Å². The minimum absolute atomic E-state index is 0.0444. The molecule has 2 aromatic carbocycles. The van der Waals surface area contributed by atoms with Crippen molar-refractivity contribution >= 4 is 34.6 Å². The molecule has 21 heavy (non-hydrogen) atoms. The minimum atomic E-state index is -4.49. The van der Waals surface area contributed by atoms with Crippen LogP contribution in [-0.2, 0) is 6.18 Å². The van der Waals surface area contributed by atoms with Crippen LogP contribution >= 0.6 is 23.2 Å². The largest absolute Gasteiger partial charge is 0.416 e. The number of benzene rings is 2. The molecule has 0 atom stereocenters. The second-order valence-electron chi connectivity index (χ2n) is 4.16. The Kier molecular flexibility index (Phi) is 4.31. The molecule has 0 bridgehead atoms. The molecule has 0 heterocycles. The Bertz CT molecular complexity index is 721. The van der Waals surface area contributed by atoms with Crippen molar-refractivity contribution in [3.8, 4) is 6.07 Å². The summed E-state index contributed by atoms with van der Waals surface area (Å²) in [5, 5.41) is 11.7. The molecule has 0 spiro atoms. The Hall–Kier alpha value is -1.90. The number of nitrogens with one attached hydrogen (secondary N) is 1. The van der Waals surface area contributed by atoms with Crippen LogP contribution in [0.25, 0.3) is 0 Å². The lowest BCUT2D eigenvalue weighted by atomic mass is 10.1. The fourth-order valence-corrected chi connectivity index (χ4v) is 2.13. The van der Waals surface area contributed by atoms with Crippen LogP contribution in [0.1, 0.15) is 11.1 Å². The van der Waals surface area contributed by atoms with Gasteiger partial charge in [0, 0.05) is 10.7 Å². The summed E-state index contributed by atoms with van der Waals surface area (Å²) in [6.07, 6.45) is -4.49. The van der Waals surface area contributed by atoms with Crippen LogP contribution in [0.3, 0.4) is 0 Å². The van der Waals surface area contributed by atoms with Crippen LogP contribution in [0.2, 0.25) is 10.0 Å². The van der Waals surface area contributed by atoms with Gasteiger partial charge in [-0.2, -0.15) is 18.4 Å². The van der Waals surface area contributed by atoms with Crippen molar-refractivity contribution in [1.29, 1.82) is 5.26 Å². The van der Waals surface area contributed by atoms with Crippen LogP contribution in [0.5, 0.6) is 0 Å². The van der Waals surface area contributed by atoms with Crippen LogP contribution in [0, 0.1) is 11.3 Å². The zero-order valence-corrected chi connectivity index (χ0v) is 11.8. The van der Waals surface area contributed by atoms with Crippen LogP contribution < -0.4 is 5.32 Å². The zero-order valence-electron chi connectivity index (χ0n) is 10.3. The van der Waals surface area contributed by atoms with E-state index >= 15 is 0 Å².